The largest absolute Gasteiger partial charge is 0.342 e. The number of aromatic amines is 1. The van der Waals surface area contributed by atoms with Gasteiger partial charge in [-0.15, -0.1) is 0 Å². The Kier molecular flexibility index (Phi) is 6.99. The van der Waals surface area contributed by atoms with Gasteiger partial charge in [-0.1, -0.05) is 19.1 Å². The number of hydrogen-bond acceptors (Lipinski definition) is 7. The molecular weight excluding hydrogens is 454 g/mol. The average Bonchev–Trinajstić information content (AvgIpc) is 2.92. The Labute approximate surface area is 209 Å². The molecule has 1 fully saturated rings. The first-order valence-corrected chi connectivity index (χ1v) is 12.3. The molecule has 184 valence electrons. The molecule has 3 N–H and O–H groups in total. The van der Waals surface area contributed by atoms with Gasteiger partial charge >= 0.3 is 0 Å². The molecule has 3 aromatic heterocycles. The standard InChI is InChI=1S/C27H29N7O2/c1-2-28-16-24(35)34-11-8-19(9-12-34)18-3-5-22(6-4-18)32-26-25-20(7-10-31-27(25)36)13-23(33-26)21-14-29-17-30-15-21/h3-7,10,13-15,17,19,28H,2,8-9,11-12,16H2,1H3,(H,31,36)(H,32,33). The van der Waals surface area contributed by atoms with Gasteiger partial charge in [-0.25, -0.2) is 15.0 Å². The van der Waals surface area contributed by atoms with Gasteiger partial charge in [0.15, 0.2) is 0 Å². The number of likely N-dealkylation sites (N-methyl/N-ethyl adjacent to an activating group) is 1. The number of likely N-dealkylation sites (tertiary alicyclic amines) is 1. The smallest absolute Gasteiger partial charge is 0.259 e. The van der Waals surface area contributed by atoms with Crippen LogP contribution in [0, 0.1) is 0 Å². The number of carbonyl (C=O) groups is 1. The Balaban J connectivity index is 1.34. The number of hydrogen-bond donors (Lipinski definition) is 3. The Morgan fingerprint density at radius 3 is 2.58 bits per heavy atom. The van der Waals surface area contributed by atoms with E-state index in [2.05, 4.69) is 37.7 Å². The maximum atomic E-state index is 12.6. The summed E-state index contributed by atoms with van der Waals surface area (Å²) in [5, 5.41) is 7.73. The lowest BCUT2D eigenvalue weighted by Crippen LogP contribution is -2.42. The Hall–Kier alpha value is -4.11. The highest BCUT2D eigenvalue weighted by Gasteiger charge is 2.23. The van der Waals surface area contributed by atoms with Gasteiger partial charge < -0.3 is 20.5 Å². The van der Waals surface area contributed by atoms with Gasteiger partial charge in [0.2, 0.25) is 5.91 Å². The molecule has 0 bridgehead atoms. The van der Waals surface area contributed by atoms with E-state index in [4.69, 9.17) is 4.98 Å². The van der Waals surface area contributed by atoms with E-state index in [0.29, 0.717) is 29.4 Å². The molecule has 1 aromatic carbocycles. The zero-order chi connectivity index (χ0) is 24.9. The van der Waals surface area contributed by atoms with Crippen LogP contribution in [-0.4, -0.2) is 56.9 Å². The van der Waals surface area contributed by atoms with Crippen molar-refractivity contribution < 1.29 is 4.79 Å². The van der Waals surface area contributed by atoms with E-state index in [1.165, 1.54) is 11.9 Å². The number of rotatable bonds is 7. The quantitative estimate of drug-likeness (QED) is 0.369. The van der Waals surface area contributed by atoms with Crippen LogP contribution in [0.15, 0.2) is 66.1 Å². The van der Waals surface area contributed by atoms with Crippen LogP contribution in [-0.2, 0) is 4.79 Å². The Bertz CT molecular complexity index is 1400. The van der Waals surface area contributed by atoms with Crippen molar-refractivity contribution >= 4 is 28.2 Å². The van der Waals surface area contributed by atoms with Crippen LogP contribution in [0.25, 0.3) is 22.0 Å². The molecule has 4 heterocycles. The Morgan fingerprint density at radius 1 is 1.11 bits per heavy atom. The number of H-pyrrole nitrogens is 1. The molecule has 0 unspecified atom stereocenters. The third kappa shape index (κ3) is 5.11. The summed E-state index contributed by atoms with van der Waals surface area (Å²) in [7, 11) is 0. The highest BCUT2D eigenvalue weighted by Crippen LogP contribution is 2.31. The highest BCUT2D eigenvalue weighted by molar-refractivity contribution is 5.95. The number of anilines is 2. The molecule has 4 aromatic rings. The topological polar surface area (TPSA) is 116 Å². The molecule has 36 heavy (non-hydrogen) atoms. The monoisotopic (exact) mass is 483 g/mol. The number of fused-ring (bicyclic) bond motifs is 1. The summed E-state index contributed by atoms with van der Waals surface area (Å²) in [6.07, 6.45) is 8.41. The van der Waals surface area contributed by atoms with Crippen LogP contribution in [0.4, 0.5) is 11.5 Å². The van der Waals surface area contributed by atoms with Crippen LogP contribution < -0.4 is 16.2 Å². The molecule has 0 spiro atoms. The van der Waals surface area contributed by atoms with E-state index in [-0.39, 0.29) is 11.5 Å². The number of pyridine rings is 2. The number of carbonyl (C=O) groups excluding carboxylic acids is 1. The summed E-state index contributed by atoms with van der Waals surface area (Å²) in [6.45, 7) is 4.77. The van der Waals surface area contributed by atoms with E-state index in [0.717, 1.165) is 49.1 Å². The Morgan fingerprint density at radius 2 is 1.86 bits per heavy atom. The predicted octanol–water partition coefficient (Wildman–Crippen LogP) is 3.44. The molecule has 9 nitrogen and oxygen atoms in total. The minimum Gasteiger partial charge on any atom is -0.342 e. The second-order valence-electron chi connectivity index (χ2n) is 8.94. The minimum atomic E-state index is -0.203. The molecule has 0 aliphatic carbocycles. The van der Waals surface area contributed by atoms with Crippen molar-refractivity contribution in [1.29, 1.82) is 0 Å². The maximum Gasteiger partial charge on any atom is 0.259 e. The van der Waals surface area contributed by atoms with Gasteiger partial charge in [0.05, 0.1) is 17.6 Å². The third-order valence-electron chi connectivity index (χ3n) is 6.63. The summed E-state index contributed by atoms with van der Waals surface area (Å²) in [6, 6.07) is 12.0. The lowest BCUT2D eigenvalue weighted by atomic mass is 9.89. The van der Waals surface area contributed by atoms with Gasteiger partial charge in [-0.05, 0) is 60.5 Å². The lowest BCUT2D eigenvalue weighted by Gasteiger charge is -2.32. The number of benzene rings is 1. The van der Waals surface area contributed by atoms with Crippen molar-refractivity contribution in [3.05, 3.63) is 77.2 Å². The summed E-state index contributed by atoms with van der Waals surface area (Å²) in [5.74, 6) is 1.08. The van der Waals surface area contributed by atoms with Crippen LogP contribution >= 0.6 is 0 Å². The number of piperidine rings is 1. The van der Waals surface area contributed by atoms with Crippen molar-refractivity contribution in [2.75, 3.05) is 31.5 Å². The van der Waals surface area contributed by atoms with Crippen LogP contribution in [0.2, 0.25) is 0 Å². The SMILES string of the molecule is CCNCC(=O)N1CCC(c2ccc(Nc3nc(-c4cncnc4)cc4cc[nH]c(=O)c34)cc2)CC1. The zero-order valence-electron chi connectivity index (χ0n) is 20.2. The van der Waals surface area contributed by atoms with Crippen LogP contribution in [0.3, 0.4) is 0 Å². The number of amides is 1. The fraction of sp³-hybridized carbons (Fsp3) is 0.296. The first-order valence-electron chi connectivity index (χ1n) is 12.3. The van der Waals surface area contributed by atoms with Crippen molar-refractivity contribution in [3.8, 4) is 11.3 Å². The molecule has 0 atom stereocenters. The third-order valence-corrected chi connectivity index (χ3v) is 6.63. The summed E-state index contributed by atoms with van der Waals surface area (Å²) >= 11 is 0. The molecule has 0 radical (unpaired) electrons. The minimum absolute atomic E-state index is 0.175. The van der Waals surface area contributed by atoms with Gasteiger partial charge in [0, 0.05) is 42.9 Å². The molecule has 1 amide bonds. The average molecular weight is 484 g/mol. The summed E-state index contributed by atoms with van der Waals surface area (Å²) in [4.78, 5) is 42.5. The van der Waals surface area contributed by atoms with Crippen molar-refractivity contribution in [3.63, 3.8) is 0 Å². The van der Waals surface area contributed by atoms with Crippen molar-refractivity contribution in [1.82, 2.24) is 30.2 Å². The van der Waals surface area contributed by atoms with Crippen molar-refractivity contribution in [2.45, 2.75) is 25.7 Å². The van der Waals surface area contributed by atoms with Crippen LogP contribution in [0.1, 0.15) is 31.2 Å². The molecule has 5 rings (SSSR count). The molecule has 1 aliphatic heterocycles. The fourth-order valence-electron chi connectivity index (χ4n) is 4.67. The zero-order valence-corrected chi connectivity index (χ0v) is 20.2. The van der Waals surface area contributed by atoms with Gasteiger partial charge in [0.1, 0.15) is 12.1 Å². The summed E-state index contributed by atoms with van der Waals surface area (Å²) in [5.41, 5.74) is 3.35. The molecule has 1 aliphatic rings. The molecule has 0 saturated carbocycles. The first-order chi connectivity index (χ1) is 17.6. The molecule has 9 heteroatoms. The van der Waals surface area contributed by atoms with E-state index in [9.17, 15) is 9.59 Å². The first kappa shape index (κ1) is 23.6. The number of aromatic nitrogens is 4. The molecular formula is C27H29N7O2. The highest BCUT2D eigenvalue weighted by atomic mass is 16.2. The lowest BCUT2D eigenvalue weighted by molar-refractivity contribution is -0.131. The van der Waals surface area contributed by atoms with Crippen LogP contribution in [0.5, 0.6) is 0 Å². The van der Waals surface area contributed by atoms with E-state index in [1.54, 1.807) is 18.6 Å². The predicted molar refractivity (Wildman–Crippen MR) is 140 cm³/mol. The van der Waals surface area contributed by atoms with Gasteiger partial charge in [-0.2, -0.15) is 0 Å². The van der Waals surface area contributed by atoms with Gasteiger partial charge in [0.25, 0.3) is 5.56 Å². The normalized spacial score (nSPS) is 14.2. The second-order valence-corrected chi connectivity index (χ2v) is 8.94. The molecule has 1 saturated heterocycles. The van der Waals surface area contributed by atoms with E-state index < -0.39 is 0 Å². The van der Waals surface area contributed by atoms with Gasteiger partial charge in [-0.3, -0.25) is 9.59 Å². The van der Waals surface area contributed by atoms with E-state index in [1.807, 2.05) is 36.1 Å². The van der Waals surface area contributed by atoms with Crippen molar-refractivity contribution in [2.24, 2.45) is 0 Å². The summed E-state index contributed by atoms with van der Waals surface area (Å²) < 4.78 is 0. The maximum absolute atomic E-state index is 12.6. The fourth-order valence-corrected chi connectivity index (χ4v) is 4.67. The van der Waals surface area contributed by atoms with E-state index >= 15 is 0 Å². The number of nitrogens with zero attached hydrogens (tertiary/aromatic N) is 4. The number of nitrogens with one attached hydrogen (secondary N) is 3. The second kappa shape index (κ2) is 10.7.